The number of urea groups is 1. The Kier molecular flexibility index (Phi) is 6.24. The standard InChI is InChI=1S/C16H21ClN2O4/c17-12-5-1-10(2-6-12)14(20)9-18-16(23)19-13-7-3-11(4-8-13)15(21)22/h1-2,5-6,11,13-14,20H,3-4,7-9H2,(H,21,22)(H2,18,19,23)/t11?,13?,14-/m1/s1. The lowest BCUT2D eigenvalue weighted by molar-refractivity contribution is -0.142. The van der Waals surface area contributed by atoms with Gasteiger partial charge in [-0.2, -0.15) is 0 Å². The van der Waals surface area contributed by atoms with Crippen LogP contribution in [-0.4, -0.2) is 34.8 Å². The van der Waals surface area contributed by atoms with Crippen LogP contribution in [-0.2, 0) is 4.79 Å². The number of carbonyl (C=O) groups excluding carboxylic acids is 1. The summed E-state index contributed by atoms with van der Waals surface area (Å²) in [6, 6.07) is 6.41. The molecule has 1 aromatic rings. The van der Waals surface area contributed by atoms with Gasteiger partial charge in [0, 0.05) is 17.6 Å². The summed E-state index contributed by atoms with van der Waals surface area (Å²) in [7, 11) is 0. The first-order chi connectivity index (χ1) is 11.0. The quantitative estimate of drug-likeness (QED) is 0.661. The van der Waals surface area contributed by atoms with Crippen molar-refractivity contribution in [1.82, 2.24) is 10.6 Å². The molecule has 1 atom stereocenters. The van der Waals surface area contributed by atoms with Gasteiger partial charge in [-0.1, -0.05) is 23.7 Å². The summed E-state index contributed by atoms with van der Waals surface area (Å²) in [4.78, 5) is 22.7. The molecule has 7 heteroatoms. The molecule has 0 unspecified atom stereocenters. The van der Waals surface area contributed by atoms with Gasteiger partial charge in [-0.3, -0.25) is 4.79 Å². The summed E-state index contributed by atoms with van der Waals surface area (Å²) in [5.74, 6) is -1.07. The van der Waals surface area contributed by atoms with E-state index in [4.69, 9.17) is 16.7 Å². The lowest BCUT2D eigenvalue weighted by Crippen LogP contribution is -2.45. The van der Waals surface area contributed by atoms with E-state index in [1.165, 1.54) is 0 Å². The summed E-state index contributed by atoms with van der Waals surface area (Å²) >= 11 is 5.78. The van der Waals surface area contributed by atoms with Crippen LogP contribution in [0.2, 0.25) is 5.02 Å². The van der Waals surface area contributed by atoms with E-state index in [2.05, 4.69) is 10.6 Å². The number of halogens is 1. The van der Waals surface area contributed by atoms with Crippen LogP contribution in [0.4, 0.5) is 4.79 Å². The van der Waals surface area contributed by atoms with Gasteiger partial charge in [-0.25, -0.2) is 4.79 Å². The van der Waals surface area contributed by atoms with Crippen LogP contribution in [0.25, 0.3) is 0 Å². The molecule has 2 amide bonds. The number of rotatable bonds is 5. The highest BCUT2D eigenvalue weighted by atomic mass is 35.5. The topological polar surface area (TPSA) is 98.7 Å². The van der Waals surface area contributed by atoms with Gasteiger partial charge in [0.25, 0.3) is 0 Å². The third kappa shape index (κ3) is 5.41. The maximum atomic E-state index is 11.8. The second-order valence-electron chi connectivity index (χ2n) is 5.81. The molecule has 0 aromatic heterocycles. The zero-order valence-electron chi connectivity index (χ0n) is 12.7. The zero-order chi connectivity index (χ0) is 16.8. The van der Waals surface area contributed by atoms with Crippen LogP contribution in [0, 0.1) is 5.92 Å². The Morgan fingerprint density at radius 2 is 1.78 bits per heavy atom. The van der Waals surface area contributed by atoms with Gasteiger partial charge in [-0.05, 0) is 43.4 Å². The molecule has 0 bridgehead atoms. The predicted octanol–water partition coefficient (Wildman–Crippen LogP) is 2.32. The van der Waals surface area contributed by atoms with Crippen molar-refractivity contribution in [3.05, 3.63) is 34.9 Å². The summed E-state index contributed by atoms with van der Waals surface area (Å²) < 4.78 is 0. The molecule has 6 nitrogen and oxygen atoms in total. The van der Waals surface area contributed by atoms with Gasteiger partial charge in [0.2, 0.25) is 0 Å². The Labute approximate surface area is 139 Å². The molecule has 126 valence electrons. The Hall–Kier alpha value is -1.79. The number of carboxylic acids is 1. The summed E-state index contributed by atoms with van der Waals surface area (Å²) in [6.07, 6.45) is 1.66. The second-order valence-corrected chi connectivity index (χ2v) is 6.24. The minimum Gasteiger partial charge on any atom is -0.481 e. The highest BCUT2D eigenvalue weighted by molar-refractivity contribution is 6.30. The summed E-state index contributed by atoms with van der Waals surface area (Å²) in [5.41, 5.74) is 0.677. The SMILES string of the molecule is O=C(NC[C@@H](O)c1ccc(Cl)cc1)NC1CCC(C(=O)O)CC1. The van der Waals surface area contributed by atoms with Crippen molar-refractivity contribution < 1.29 is 19.8 Å². The Balaban J connectivity index is 1.71. The molecule has 0 aliphatic heterocycles. The smallest absolute Gasteiger partial charge is 0.315 e. The first-order valence-corrected chi connectivity index (χ1v) is 8.04. The predicted molar refractivity (Wildman–Crippen MR) is 86.3 cm³/mol. The van der Waals surface area contributed by atoms with E-state index >= 15 is 0 Å². The Morgan fingerprint density at radius 3 is 2.35 bits per heavy atom. The number of amides is 2. The van der Waals surface area contributed by atoms with Gasteiger partial charge in [0.05, 0.1) is 12.0 Å². The summed E-state index contributed by atoms with van der Waals surface area (Å²) in [5, 5.41) is 25.0. The monoisotopic (exact) mass is 340 g/mol. The molecule has 1 aliphatic rings. The lowest BCUT2D eigenvalue weighted by Gasteiger charge is -2.27. The average Bonchev–Trinajstić information content (AvgIpc) is 2.54. The van der Waals surface area contributed by atoms with Crippen LogP contribution in [0.1, 0.15) is 37.4 Å². The number of hydrogen-bond acceptors (Lipinski definition) is 3. The highest BCUT2D eigenvalue weighted by Crippen LogP contribution is 2.24. The minimum atomic E-state index is -0.805. The van der Waals surface area contributed by atoms with E-state index in [0.29, 0.717) is 36.3 Å². The van der Waals surface area contributed by atoms with E-state index in [1.54, 1.807) is 24.3 Å². The fourth-order valence-electron chi connectivity index (χ4n) is 2.71. The molecule has 1 fully saturated rings. The molecular weight excluding hydrogens is 320 g/mol. The van der Waals surface area contributed by atoms with Crippen LogP contribution in [0.5, 0.6) is 0 Å². The van der Waals surface area contributed by atoms with Gasteiger partial charge in [-0.15, -0.1) is 0 Å². The number of aliphatic carboxylic acids is 1. The van der Waals surface area contributed by atoms with Gasteiger partial charge in [0.1, 0.15) is 0 Å². The second kappa shape index (κ2) is 8.17. The first kappa shape index (κ1) is 17.6. The molecule has 0 radical (unpaired) electrons. The number of aliphatic hydroxyl groups excluding tert-OH is 1. The third-order valence-electron chi connectivity index (χ3n) is 4.12. The van der Waals surface area contributed by atoms with Crippen molar-refractivity contribution in [2.45, 2.75) is 37.8 Å². The fraction of sp³-hybridized carbons (Fsp3) is 0.500. The summed E-state index contributed by atoms with van der Waals surface area (Å²) in [6.45, 7) is 0.0952. The highest BCUT2D eigenvalue weighted by Gasteiger charge is 2.26. The molecule has 0 spiro atoms. The van der Waals surface area contributed by atoms with E-state index < -0.39 is 12.1 Å². The molecule has 23 heavy (non-hydrogen) atoms. The van der Waals surface area contributed by atoms with Crippen LogP contribution in [0.15, 0.2) is 24.3 Å². The van der Waals surface area contributed by atoms with Gasteiger partial charge >= 0.3 is 12.0 Å². The maximum absolute atomic E-state index is 11.8. The van der Waals surface area contributed by atoms with E-state index in [0.717, 1.165) is 0 Å². The maximum Gasteiger partial charge on any atom is 0.315 e. The van der Waals surface area contributed by atoms with E-state index in [-0.39, 0.29) is 24.5 Å². The number of carbonyl (C=O) groups is 2. The fourth-order valence-corrected chi connectivity index (χ4v) is 2.84. The third-order valence-corrected chi connectivity index (χ3v) is 4.37. The number of aliphatic hydroxyl groups is 1. The largest absolute Gasteiger partial charge is 0.481 e. The van der Waals surface area contributed by atoms with Crippen LogP contribution in [0.3, 0.4) is 0 Å². The molecule has 4 N–H and O–H groups in total. The lowest BCUT2D eigenvalue weighted by atomic mass is 9.86. The normalized spacial score (nSPS) is 22.2. The molecule has 1 aromatic carbocycles. The number of carboxylic acid groups (broad SMARTS) is 1. The molecule has 0 saturated heterocycles. The van der Waals surface area contributed by atoms with Gasteiger partial charge < -0.3 is 20.8 Å². The van der Waals surface area contributed by atoms with Crippen LogP contribution < -0.4 is 10.6 Å². The van der Waals surface area contributed by atoms with E-state index in [1.807, 2.05) is 0 Å². The molecule has 0 heterocycles. The van der Waals surface area contributed by atoms with Crippen molar-refractivity contribution >= 4 is 23.6 Å². The number of hydrogen-bond donors (Lipinski definition) is 4. The van der Waals surface area contributed by atoms with E-state index in [9.17, 15) is 14.7 Å². The first-order valence-electron chi connectivity index (χ1n) is 7.66. The number of nitrogens with one attached hydrogen (secondary N) is 2. The Morgan fingerprint density at radius 1 is 1.17 bits per heavy atom. The Bertz CT molecular complexity index is 542. The van der Waals surface area contributed by atoms with Gasteiger partial charge in [0.15, 0.2) is 0 Å². The average molecular weight is 341 g/mol. The minimum absolute atomic E-state index is 0.0155. The van der Waals surface area contributed by atoms with Crippen molar-refractivity contribution in [3.8, 4) is 0 Å². The van der Waals surface area contributed by atoms with Crippen molar-refractivity contribution in [2.75, 3.05) is 6.54 Å². The van der Waals surface area contributed by atoms with Crippen LogP contribution >= 0.6 is 11.6 Å². The van der Waals surface area contributed by atoms with Crippen molar-refractivity contribution in [1.29, 1.82) is 0 Å². The number of benzene rings is 1. The molecule has 1 aliphatic carbocycles. The zero-order valence-corrected chi connectivity index (χ0v) is 13.4. The molecule has 1 saturated carbocycles. The van der Waals surface area contributed by atoms with Crippen molar-refractivity contribution in [3.63, 3.8) is 0 Å². The molecule has 2 rings (SSSR count). The van der Waals surface area contributed by atoms with Crippen molar-refractivity contribution in [2.24, 2.45) is 5.92 Å². The molecular formula is C16H21ClN2O4.